The number of aromatic nitrogens is 1. The van der Waals surface area contributed by atoms with E-state index in [1.54, 1.807) is 4.57 Å². The molecule has 0 saturated carbocycles. The van der Waals surface area contributed by atoms with Crippen LogP contribution in [0.4, 0.5) is 0 Å². The molecule has 1 saturated heterocycles. The summed E-state index contributed by atoms with van der Waals surface area (Å²) in [7, 11) is 0. The SMILES string of the molecule is Cc1csc(=O)n1CCC(=O)NC[C@H](C)N1CCOCC1. The molecule has 0 aliphatic carbocycles. The lowest BCUT2D eigenvalue weighted by Gasteiger charge is -2.32. The zero-order chi connectivity index (χ0) is 15.2. The fraction of sp³-hybridized carbons (Fsp3) is 0.714. The number of hydrogen-bond acceptors (Lipinski definition) is 5. The molecule has 0 bridgehead atoms. The summed E-state index contributed by atoms with van der Waals surface area (Å²) in [4.78, 5) is 25.8. The molecule has 1 N–H and O–H groups in total. The minimum absolute atomic E-state index is 0.00184. The standard InChI is InChI=1S/C14H23N3O3S/c1-11(16-5-7-20-8-6-16)9-15-13(18)3-4-17-12(2)10-21-14(17)19/h10-11H,3-9H2,1-2H3,(H,15,18)/t11-/m0/s1. The van der Waals surface area contributed by atoms with Gasteiger partial charge in [-0.25, -0.2) is 0 Å². The fourth-order valence-corrected chi connectivity index (χ4v) is 3.15. The number of nitrogens with zero attached hydrogens (tertiary/aromatic N) is 2. The maximum Gasteiger partial charge on any atom is 0.307 e. The Morgan fingerprint density at radius 1 is 1.48 bits per heavy atom. The lowest BCUT2D eigenvalue weighted by Crippen LogP contribution is -2.47. The second-order valence-corrected chi connectivity index (χ2v) is 6.17. The molecule has 1 aromatic rings. The van der Waals surface area contributed by atoms with Crippen molar-refractivity contribution < 1.29 is 9.53 Å². The zero-order valence-corrected chi connectivity index (χ0v) is 13.4. The van der Waals surface area contributed by atoms with Gasteiger partial charge in [-0.2, -0.15) is 0 Å². The van der Waals surface area contributed by atoms with Crippen LogP contribution in [0.25, 0.3) is 0 Å². The van der Waals surface area contributed by atoms with Gasteiger partial charge in [-0.1, -0.05) is 11.3 Å². The first-order chi connectivity index (χ1) is 10.1. The van der Waals surface area contributed by atoms with Crippen molar-refractivity contribution in [2.75, 3.05) is 32.8 Å². The lowest BCUT2D eigenvalue weighted by molar-refractivity contribution is -0.121. The molecule has 0 spiro atoms. The summed E-state index contributed by atoms with van der Waals surface area (Å²) in [6.45, 7) is 8.44. The molecule has 1 aliphatic heterocycles. The quantitative estimate of drug-likeness (QED) is 0.828. The molecule has 118 valence electrons. The Bertz CT molecular complexity index is 520. The Morgan fingerprint density at radius 2 is 2.19 bits per heavy atom. The molecule has 1 aliphatic rings. The Labute approximate surface area is 128 Å². The van der Waals surface area contributed by atoms with Gasteiger partial charge >= 0.3 is 4.87 Å². The van der Waals surface area contributed by atoms with Crippen LogP contribution in [-0.4, -0.2) is 54.3 Å². The van der Waals surface area contributed by atoms with Crippen LogP contribution in [0.3, 0.4) is 0 Å². The molecule has 1 amide bonds. The van der Waals surface area contributed by atoms with E-state index in [0.717, 1.165) is 32.0 Å². The molecule has 0 unspecified atom stereocenters. The van der Waals surface area contributed by atoms with Gasteiger partial charge < -0.3 is 14.6 Å². The van der Waals surface area contributed by atoms with E-state index in [-0.39, 0.29) is 10.8 Å². The van der Waals surface area contributed by atoms with E-state index < -0.39 is 0 Å². The number of nitrogens with one attached hydrogen (secondary N) is 1. The molecule has 1 fully saturated rings. The van der Waals surface area contributed by atoms with Crippen LogP contribution in [0.2, 0.25) is 0 Å². The maximum absolute atomic E-state index is 11.9. The van der Waals surface area contributed by atoms with Gasteiger partial charge in [0.15, 0.2) is 0 Å². The monoisotopic (exact) mass is 313 g/mol. The Kier molecular flexibility index (Phi) is 5.96. The molecule has 2 heterocycles. The van der Waals surface area contributed by atoms with Crippen LogP contribution >= 0.6 is 11.3 Å². The smallest absolute Gasteiger partial charge is 0.307 e. The van der Waals surface area contributed by atoms with Gasteiger partial charge in [0.25, 0.3) is 0 Å². The third-order valence-electron chi connectivity index (χ3n) is 3.80. The topological polar surface area (TPSA) is 63.6 Å². The van der Waals surface area contributed by atoms with Gasteiger partial charge in [-0.3, -0.25) is 14.5 Å². The van der Waals surface area contributed by atoms with Gasteiger partial charge in [-0.15, -0.1) is 0 Å². The Balaban J connectivity index is 1.71. The van der Waals surface area contributed by atoms with Crippen molar-refractivity contribution in [3.63, 3.8) is 0 Å². The van der Waals surface area contributed by atoms with Crippen molar-refractivity contribution in [3.8, 4) is 0 Å². The molecule has 1 aromatic heterocycles. The number of carbonyl (C=O) groups excluding carboxylic acids is 1. The number of rotatable bonds is 6. The average molecular weight is 313 g/mol. The second kappa shape index (κ2) is 7.72. The van der Waals surface area contributed by atoms with Gasteiger partial charge in [0, 0.05) is 49.7 Å². The number of morpholine rings is 1. The van der Waals surface area contributed by atoms with Crippen LogP contribution in [0, 0.1) is 6.92 Å². The Hall–Kier alpha value is -1.18. The summed E-state index contributed by atoms with van der Waals surface area (Å²) in [5.41, 5.74) is 0.916. The molecule has 7 heteroatoms. The zero-order valence-electron chi connectivity index (χ0n) is 12.6. The molecule has 6 nitrogen and oxygen atoms in total. The lowest BCUT2D eigenvalue weighted by atomic mass is 10.2. The molecule has 0 radical (unpaired) electrons. The van der Waals surface area contributed by atoms with E-state index >= 15 is 0 Å². The van der Waals surface area contributed by atoms with Gasteiger partial charge in [-0.05, 0) is 13.8 Å². The van der Waals surface area contributed by atoms with Crippen molar-refractivity contribution in [1.29, 1.82) is 0 Å². The van der Waals surface area contributed by atoms with Crippen LogP contribution in [0.5, 0.6) is 0 Å². The van der Waals surface area contributed by atoms with Crippen LogP contribution in [0.1, 0.15) is 19.0 Å². The van der Waals surface area contributed by atoms with Gasteiger partial charge in [0.2, 0.25) is 5.91 Å². The highest BCUT2D eigenvalue weighted by Crippen LogP contribution is 2.03. The summed E-state index contributed by atoms with van der Waals surface area (Å²) in [5, 5.41) is 4.77. The van der Waals surface area contributed by atoms with E-state index in [1.165, 1.54) is 11.3 Å². The number of ether oxygens (including phenoxy) is 1. The highest BCUT2D eigenvalue weighted by Gasteiger charge is 2.17. The number of aryl methyl sites for hydroxylation is 1. The highest BCUT2D eigenvalue weighted by molar-refractivity contribution is 7.07. The van der Waals surface area contributed by atoms with Gasteiger partial charge in [0.05, 0.1) is 13.2 Å². The first kappa shape index (κ1) is 16.2. The van der Waals surface area contributed by atoms with Crippen molar-refractivity contribution in [2.24, 2.45) is 0 Å². The van der Waals surface area contributed by atoms with Gasteiger partial charge in [0.1, 0.15) is 0 Å². The molecule has 21 heavy (non-hydrogen) atoms. The molecule has 2 rings (SSSR count). The third-order valence-corrected chi connectivity index (χ3v) is 4.68. The largest absolute Gasteiger partial charge is 0.379 e. The maximum atomic E-state index is 11.9. The minimum atomic E-state index is -0.00684. The molecular weight excluding hydrogens is 290 g/mol. The average Bonchev–Trinajstić information content (AvgIpc) is 2.82. The van der Waals surface area contributed by atoms with Crippen molar-refractivity contribution in [1.82, 2.24) is 14.8 Å². The number of thiazole rings is 1. The van der Waals surface area contributed by atoms with Crippen molar-refractivity contribution >= 4 is 17.2 Å². The van der Waals surface area contributed by atoms with Crippen molar-refractivity contribution in [3.05, 3.63) is 20.7 Å². The highest BCUT2D eigenvalue weighted by atomic mass is 32.1. The van der Waals surface area contributed by atoms with E-state index in [4.69, 9.17) is 4.74 Å². The van der Waals surface area contributed by atoms with E-state index in [1.807, 2.05) is 12.3 Å². The van der Waals surface area contributed by atoms with Crippen LogP contribution < -0.4 is 10.2 Å². The predicted molar refractivity (Wildman–Crippen MR) is 82.8 cm³/mol. The minimum Gasteiger partial charge on any atom is -0.379 e. The van der Waals surface area contributed by atoms with Crippen LogP contribution in [0.15, 0.2) is 10.2 Å². The first-order valence-electron chi connectivity index (χ1n) is 7.31. The number of carbonyl (C=O) groups is 1. The summed E-state index contributed by atoms with van der Waals surface area (Å²) in [5.74, 6) is -0.00684. The second-order valence-electron chi connectivity index (χ2n) is 5.35. The summed E-state index contributed by atoms with van der Waals surface area (Å²) in [6, 6.07) is 0.309. The first-order valence-corrected chi connectivity index (χ1v) is 8.19. The molecular formula is C14H23N3O3S. The van der Waals surface area contributed by atoms with E-state index in [9.17, 15) is 9.59 Å². The number of hydrogen-bond donors (Lipinski definition) is 1. The fourth-order valence-electron chi connectivity index (χ4n) is 2.39. The van der Waals surface area contributed by atoms with Crippen LogP contribution in [-0.2, 0) is 16.1 Å². The Morgan fingerprint density at radius 3 is 2.81 bits per heavy atom. The number of amides is 1. The normalized spacial score (nSPS) is 17.6. The summed E-state index contributed by atoms with van der Waals surface area (Å²) in [6.07, 6.45) is 0.341. The molecule has 1 atom stereocenters. The van der Waals surface area contributed by atoms with Crippen molar-refractivity contribution in [2.45, 2.75) is 32.9 Å². The van der Waals surface area contributed by atoms with E-state index in [2.05, 4.69) is 17.1 Å². The van der Waals surface area contributed by atoms with E-state index in [0.29, 0.717) is 25.6 Å². The summed E-state index contributed by atoms with van der Waals surface area (Å²) >= 11 is 1.18. The third kappa shape index (κ3) is 4.66. The predicted octanol–water partition coefficient (Wildman–Crippen LogP) is 0.445. The molecule has 0 aromatic carbocycles. The summed E-state index contributed by atoms with van der Waals surface area (Å²) < 4.78 is 6.97.